The number of nitrogens with zero attached hydrogens (tertiary/aromatic N) is 4. The van der Waals surface area contributed by atoms with Crippen LogP contribution in [0.1, 0.15) is 37.3 Å². The van der Waals surface area contributed by atoms with E-state index in [1.165, 1.54) is 34.8 Å². The van der Waals surface area contributed by atoms with Crippen molar-refractivity contribution in [2.24, 2.45) is 14.1 Å². The molecule has 6 heteroatoms. The van der Waals surface area contributed by atoms with Gasteiger partial charge in [0, 0.05) is 43.1 Å². The first-order valence-corrected chi connectivity index (χ1v) is 12.9. The molecular formula is C27H38N4OS+2. The number of imidazole rings is 1. The first kappa shape index (κ1) is 25.1. The minimum Gasteiger partial charge on any atom is -0.395 e. The summed E-state index contributed by atoms with van der Waals surface area (Å²) in [6.07, 6.45) is 16.3. The zero-order valence-electron chi connectivity index (χ0n) is 20.2. The van der Waals surface area contributed by atoms with Gasteiger partial charge in [0.05, 0.1) is 20.7 Å². The third-order valence-electron chi connectivity index (χ3n) is 5.67. The average molecular weight is 467 g/mol. The SMILES string of the molecule is CCCN(CCO)c1ccc(/C=C/c2cc[n+](CCCCSc3n(C)cc[n+]3C)cc2)cc1. The quantitative estimate of drug-likeness (QED) is 0.234. The normalized spacial score (nSPS) is 11.4. The molecule has 0 aliphatic heterocycles. The van der Waals surface area contributed by atoms with E-state index in [-0.39, 0.29) is 6.61 Å². The van der Waals surface area contributed by atoms with Gasteiger partial charge in [-0.3, -0.25) is 0 Å². The summed E-state index contributed by atoms with van der Waals surface area (Å²) >= 11 is 1.92. The Hall–Kier alpha value is -2.57. The van der Waals surface area contributed by atoms with Gasteiger partial charge in [0.1, 0.15) is 18.9 Å². The smallest absolute Gasteiger partial charge is 0.317 e. The van der Waals surface area contributed by atoms with Gasteiger partial charge in [0.15, 0.2) is 12.4 Å². The second-order valence-corrected chi connectivity index (χ2v) is 9.42. The second-order valence-electron chi connectivity index (χ2n) is 8.36. The Kier molecular flexibility index (Phi) is 10.0. The number of benzene rings is 1. The molecular weight excluding hydrogens is 428 g/mol. The molecule has 0 radical (unpaired) electrons. The van der Waals surface area contributed by atoms with E-state index in [0.717, 1.165) is 25.3 Å². The minimum atomic E-state index is 0.182. The van der Waals surface area contributed by atoms with Gasteiger partial charge in [0.25, 0.3) is 0 Å². The summed E-state index contributed by atoms with van der Waals surface area (Å²) in [5, 5.41) is 10.6. The van der Waals surface area contributed by atoms with Crippen molar-refractivity contribution in [3.05, 3.63) is 72.3 Å². The number of anilines is 1. The number of thioether (sulfide) groups is 1. The Balaban J connectivity index is 1.44. The van der Waals surface area contributed by atoms with Gasteiger partial charge < -0.3 is 10.0 Å². The third kappa shape index (κ3) is 7.76. The molecule has 33 heavy (non-hydrogen) atoms. The molecule has 0 atom stereocenters. The van der Waals surface area contributed by atoms with Gasteiger partial charge >= 0.3 is 5.16 Å². The van der Waals surface area contributed by atoms with Crippen molar-refractivity contribution < 1.29 is 14.2 Å². The lowest BCUT2D eigenvalue weighted by Crippen LogP contribution is -2.32. The van der Waals surface area contributed by atoms with E-state index >= 15 is 0 Å². The molecule has 0 saturated heterocycles. The van der Waals surface area contributed by atoms with Crippen LogP contribution in [0.4, 0.5) is 5.69 Å². The molecule has 1 aromatic carbocycles. The molecule has 0 bridgehead atoms. The van der Waals surface area contributed by atoms with Crippen molar-refractivity contribution in [2.75, 3.05) is 30.3 Å². The summed E-state index contributed by atoms with van der Waals surface area (Å²) in [7, 11) is 4.20. The molecule has 3 rings (SSSR count). The fourth-order valence-electron chi connectivity index (χ4n) is 3.82. The van der Waals surface area contributed by atoms with Crippen LogP contribution in [0.2, 0.25) is 0 Å². The van der Waals surface area contributed by atoms with Crippen LogP contribution in [0, 0.1) is 0 Å². The van der Waals surface area contributed by atoms with Gasteiger partial charge in [0.2, 0.25) is 0 Å². The molecule has 0 fully saturated rings. The molecule has 0 aliphatic rings. The van der Waals surface area contributed by atoms with Crippen molar-refractivity contribution in [1.82, 2.24) is 4.57 Å². The highest BCUT2D eigenvalue weighted by atomic mass is 32.2. The second kappa shape index (κ2) is 13.2. The average Bonchev–Trinajstić information content (AvgIpc) is 3.15. The summed E-state index contributed by atoms with van der Waals surface area (Å²) in [6, 6.07) is 12.9. The lowest BCUT2D eigenvalue weighted by molar-refractivity contribution is -0.709. The molecule has 176 valence electrons. The Labute approximate surface area is 203 Å². The van der Waals surface area contributed by atoms with Crippen molar-refractivity contribution in [3.8, 4) is 0 Å². The highest BCUT2D eigenvalue weighted by Crippen LogP contribution is 2.17. The Morgan fingerprint density at radius 3 is 2.27 bits per heavy atom. The summed E-state index contributed by atoms with van der Waals surface area (Å²) in [4.78, 5) is 2.23. The molecule has 2 heterocycles. The van der Waals surface area contributed by atoms with Crippen LogP contribution in [0.15, 0.2) is 66.3 Å². The van der Waals surface area contributed by atoms with Crippen LogP contribution in [0.5, 0.6) is 0 Å². The van der Waals surface area contributed by atoms with Crippen molar-refractivity contribution in [1.29, 1.82) is 0 Å². The monoisotopic (exact) mass is 466 g/mol. The lowest BCUT2D eigenvalue weighted by atomic mass is 10.1. The van der Waals surface area contributed by atoms with E-state index in [9.17, 15) is 5.11 Å². The molecule has 0 spiro atoms. The van der Waals surface area contributed by atoms with Crippen LogP contribution < -0.4 is 14.0 Å². The van der Waals surface area contributed by atoms with Crippen LogP contribution in [0.3, 0.4) is 0 Å². The standard InChI is InChI=1S/C27H38N4OS/c1-4-15-31(21-22-32)26-11-9-24(10-12-26)7-8-25-13-17-30(18-14-25)16-5-6-23-33-27-28(2)19-20-29(27)3/h7-14,17-20,32H,4-6,15-16,21-23H2,1-3H3/q+2. The Bertz CT molecular complexity index is 970. The Morgan fingerprint density at radius 2 is 1.67 bits per heavy atom. The number of pyridine rings is 1. The number of aliphatic hydroxyl groups is 1. The summed E-state index contributed by atoms with van der Waals surface area (Å²) in [6.45, 7) is 5.03. The maximum absolute atomic E-state index is 9.28. The predicted molar refractivity (Wildman–Crippen MR) is 138 cm³/mol. The van der Waals surface area contributed by atoms with Crippen LogP contribution in [-0.2, 0) is 20.6 Å². The number of aliphatic hydroxyl groups excluding tert-OH is 1. The van der Waals surface area contributed by atoms with Gasteiger partial charge in [-0.15, -0.1) is 0 Å². The van der Waals surface area contributed by atoms with E-state index in [1.54, 1.807) is 0 Å². The third-order valence-corrected chi connectivity index (χ3v) is 6.99. The van der Waals surface area contributed by atoms with Crippen molar-refractivity contribution >= 4 is 29.6 Å². The molecule has 0 aliphatic carbocycles. The lowest BCUT2D eigenvalue weighted by Gasteiger charge is -2.23. The van der Waals surface area contributed by atoms with E-state index < -0.39 is 0 Å². The number of hydrogen-bond donors (Lipinski definition) is 1. The molecule has 0 unspecified atom stereocenters. The fraction of sp³-hybridized carbons (Fsp3) is 0.407. The van der Waals surface area contributed by atoms with Crippen LogP contribution in [-0.4, -0.2) is 35.1 Å². The van der Waals surface area contributed by atoms with E-state index in [2.05, 4.69) is 113 Å². The number of aromatic nitrogens is 3. The van der Waals surface area contributed by atoms with E-state index in [4.69, 9.17) is 0 Å². The van der Waals surface area contributed by atoms with Gasteiger partial charge in [-0.1, -0.05) is 31.2 Å². The van der Waals surface area contributed by atoms with Gasteiger partial charge in [-0.05, 0) is 47.9 Å². The zero-order valence-corrected chi connectivity index (χ0v) is 21.0. The highest BCUT2D eigenvalue weighted by Gasteiger charge is 2.11. The number of unbranched alkanes of at least 4 members (excludes halogenated alkanes) is 1. The number of aryl methyl sites for hydroxylation is 3. The van der Waals surface area contributed by atoms with Gasteiger partial charge in [-0.2, -0.15) is 0 Å². The van der Waals surface area contributed by atoms with Crippen molar-refractivity contribution in [3.63, 3.8) is 0 Å². The fourth-order valence-corrected chi connectivity index (χ4v) is 4.88. The first-order valence-electron chi connectivity index (χ1n) is 11.9. The predicted octanol–water partition coefficient (Wildman–Crippen LogP) is 4.09. The van der Waals surface area contributed by atoms with E-state index in [1.807, 2.05) is 11.8 Å². The van der Waals surface area contributed by atoms with Gasteiger partial charge in [-0.25, -0.2) is 13.7 Å². The number of rotatable bonds is 13. The summed E-state index contributed by atoms with van der Waals surface area (Å²) < 4.78 is 6.62. The maximum atomic E-state index is 9.28. The molecule has 0 saturated carbocycles. The molecule has 0 amide bonds. The maximum Gasteiger partial charge on any atom is 0.317 e. The molecule has 2 aromatic heterocycles. The topological polar surface area (TPSA) is 36.2 Å². The van der Waals surface area contributed by atoms with E-state index in [0.29, 0.717) is 6.54 Å². The molecule has 1 N–H and O–H groups in total. The Morgan fingerprint density at radius 1 is 0.970 bits per heavy atom. The van der Waals surface area contributed by atoms with Crippen LogP contribution >= 0.6 is 11.8 Å². The molecule has 5 nitrogen and oxygen atoms in total. The first-order chi connectivity index (χ1) is 16.1. The summed E-state index contributed by atoms with van der Waals surface area (Å²) in [5.41, 5.74) is 3.55. The minimum absolute atomic E-state index is 0.182. The number of hydrogen-bond acceptors (Lipinski definition) is 3. The summed E-state index contributed by atoms with van der Waals surface area (Å²) in [5.74, 6) is 1.14. The van der Waals surface area contributed by atoms with Crippen molar-refractivity contribution in [2.45, 2.75) is 37.9 Å². The zero-order chi connectivity index (χ0) is 23.5. The molecule has 3 aromatic rings. The highest BCUT2D eigenvalue weighted by molar-refractivity contribution is 7.99. The van der Waals surface area contributed by atoms with Crippen LogP contribution in [0.25, 0.3) is 12.2 Å². The largest absolute Gasteiger partial charge is 0.395 e.